The standard InChI is InChI=1S/C11H11F3N4S/c12-11(13,14)9-8-6(15)2-1-3-7(8)18(17-9)10-16-4-5-19-10/h4-6H,1-3,15H2. The Kier molecular flexibility index (Phi) is 2.86. The summed E-state index contributed by atoms with van der Waals surface area (Å²) in [5.74, 6) is 0. The number of hydrogen-bond donors (Lipinski definition) is 1. The van der Waals surface area contributed by atoms with Crippen LogP contribution in [0.15, 0.2) is 11.6 Å². The number of alkyl halides is 3. The molecule has 1 unspecified atom stereocenters. The SMILES string of the molecule is NC1CCCc2c1c(C(F)(F)F)nn2-c1nccs1. The summed E-state index contributed by atoms with van der Waals surface area (Å²) in [5.41, 5.74) is 5.65. The zero-order valence-electron chi connectivity index (χ0n) is 9.81. The van der Waals surface area contributed by atoms with Gasteiger partial charge in [-0.1, -0.05) is 0 Å². The molecule has 2 N–H and O–H groups in total. The molecular formula is C11H11F3N4S. The molecule has 0 radical (unpaired) electrons. The number of hydrogen-bond acceptors (Lipinski definition) is 4. The highest BCUT2D eigenvalue weighted by atomic mass is 32.1. The highest BCUT2D eigenvalue weighted by Crippen LogP contribution is 2.40. The van der Waals surface area contributed by atoms with Crippen molar-refractivity contribution >= 4 is 11.3 Å². The first-order valence-electron chi connectivity index (χ1n) is 5.83. The van der Waals surface area contributed by atoms with E-state index in [1.807, 2.05) is 0 Å². The Hall–Kier alpha value is -1.41. The molecule has 0 amide bonds. The molecule has 1 aliphatic carbocycles. The molecule has 0 aromatic carbocycles. The molecular weight excluding hydrogens is 277 g/mol. The van der Waals surface area contributed by atoms with E-state index in [1.165, 1.54) is 16.0 Å². The van der Waals surface area contributed by atoms with Crippen molar-refractivity contribution in [2.45, 2.75) is 31.5 Å². The van der Waals surface area contributed by atoms with Gasteiger partial charge in [-0.05, 0) is 19.3 Å². The van der Waals surface area contributed by atoms with Gasteiger partial charge in [0.05, 0.1) is 5.69 Å². The van der Waals surface area contributed by atoms with Crippen LogP contribution < -0.4 is 5.73 Å². The first-order valence-corrected chi connectivity index (χ1v) is 6.71. The lowest BCUT2D eigenvalue weighted by Gasteiger charge is -2.20. The van der Waals surface area contributed by atoms with Crippen LogP contribution in [0.5, 0.6) is 0 Å². The molecule has 19 heavy (non-hydrogen) atoms. The summed E-state index contributed by atoms with van der Waals surface area (Å²) in [7, 11) is 0. The number of nitrogens with zero attached hydrogens (tertiary/aromatic N) is 3. The van der Waals surface area contributed by atoms with Crippen LogP contribution in [0.2, 0.25) is 0 Å². The van der Waals surface area contributed by atoms with E-state index in [0.717, 1.165) is 6.42 Å². The molecule has 0 fully saturated rings. The number of rotatable bonds is 1. The maximum absolute atomic E-state index is 13.1. The molecule has 1 aliphatic rings. The summed E-state index contributed by atoms with van der Waals surface area (Å²) in [6.45, 7) is 0. The van der Waals surface area contributed by atoms with Crippen LogP contribution in [0.4, 0.5) is 13.2 Å². The monoisotopic (exact) mass is 288 g/mol. The second-order valence-electron chi connectivity index (χ2n) is 4.43. The van der Waals surface area contributed by atoms with Crippen molar-refractivity contribution in [2.24, 2.45) is 5.73 Å². The maximum atomic E-state index is 13.1. The van der Waals surface area contributed by atoms with Crippen molar-refractivity contribution in [3.8, 4) is 5.13 Å². The maximum Gasteiger partial charge on any atom is 0.435 e. The van der Waals surface area contributed by atoms with Crippen molar-refractivity contribution in [1.82, 2.24) is 14.8 Å². The zero-order valence-corrected chi connectivity index (χ0v) is 10.6. The van der Waals surface area contributed by atoms with Crippen LogP contribution in [0.3, 0.4) is 0 Å². The lowest BCUT2D eigenvalue weighted by atomic mass is 9.91. The van der Waals surface area contributed by atoms with Gasteiger partial charge in [0.2, 0.25) is 5.13 Å². The van der Waals surface area contributed by atoms with Gasteiger partial charge in [0.25, 0.3) is 0 Å². The average Bonchev–Trinajstić information content (AvgIpc) is 2.94. The van der Waals surface area contributed by atoms with E-state index in [1.54, 1.807) is 11.6 Å². The van der Waals surface area contributed by atoms with E-state index >= 15 is 0 Å². The van der Waals surface area contributed by atoms with E-state index in [0.29, 0.717) is 23.7 Å². The van der Waals surface area contributed by atoms with Crippen molar-refractivity contribution in [1.29, 1.82) is 0 Å². The molecule has 2 aromatic heterocycles. The van der Waals surface area contributed by atoms with Crippen LogP contribution in [-0.4, -0.2) is 14.8 Å². The molecule has 2 aromatic rings. The van der Waals surface area contributed by atoms with E-state index in [9.17, 15) is 13.2 Å². The van der Waals surface area contributed by atoms with Gasteiger partial charge in [-0.15, -0.1) is 11.3 Å². The predicted molar refractivity (Wildman–Crippen MR) is 64.1 cm³/mol. The van der Waals surface area contributed by atoms with Crippen LogP contribution >= 0.6 is 11.3 Å². The number of nitrogens with two attached hydrogens (primary N) is 1. The number of halogens is 3. The van der Waals surface area contributed by atoms with E-state index in [-0.39, 0.29) is 5.56 Å². The Labute approximate surface area is 111 Å². The summed E-state index contributed by atoms with van der Waals surface area (Å²) in [6.07, 6.45) is -1.07. The Morgan fingerprint density at radius 2 is 2.21 bits per heavy atom. The van der Waals surface area contributed by atoms with Gasteiger partial charge in [-0.2, -0.15) is 18.3 Å². The van der Waals surface area contributed by atoms with Crippen LogP contribution in [0, 0.1) is 0 Å². The van der Waals surface area contributed by atoms with Crippen molar-refractivity contribution < 1.29 is 13.2 Å². The van der Waals surface area contributed by atoms with Gasteiger partial charge in [0, 0.05) is 23.2 Å². The number of thiazole rings is 1. The first-order chi connectivity index (χ1) is 8.98. The molecule has 0 aliphatic heterocycles. The minimum Gasteiger partial charge on any atom is -0.324 e. The number of fused-ring (bicyclic) bond motifs is 1. The van der Waals surface area contributed by atoms with Crippen molar-refractivity contribution in [3.05, 3.63) is 28.5 Å². The van der Waals surface area contributed by atoms with Crippen LogP contribution in [0.1, 0.15) is 35.8 Å². The van der Waals surface area contributed by atoms with Gasteiger partial charge in [0.15, 0.2) is 5.69 Å². The average molecular weight is 288 g/mol. The Morgan fingerprint density at radius 1 is 1.42 bits per heavy atom. The Balaban J connectivity index is 2.23. The summed E-state index contributed by atoms with van der Waals surface area (Å²) in [6, 6.07) is -0.603. The summed E-state index contributed by atoms with van der Waals surface area (Å²) < 4.78 is 40.5. The molecule has 8 heteroatoms. The number of aromatic nitrogens is 3. The smallest absolute Gasteiger partial charge is 0.324 e. The molecule has 1 atom stereocenters. The summed E-state index contributed by atoms with van der Waals surface area (Å²) in [5, 5.41) is 5.87. The zero-order chi connectivity index (χ0) is 13.6. The largest absolute Gasteiger partial charge is 0.435 e. The summed E-state index contributed by atoms with van der Waals surface area (Å²) in [4.78, 5) is 4.03. The highest BCUT2D eigenvalue weighted by molar-refractivity contribution is 7.12. The third kappa shape index (κ3) is 2.04. The molecule has 0 bridgehead atoms. The first kappa shape index (κ1) is 12.6. The molecule has 3 rings (SSSR count). The topological polar surface area (TPSA) is 56.7 Å². The van der Waals surface area contributed by atoms with Crippen molar-refractivity contribution in [2.75, 3.05) is 0 Å². The second kappa shape index (κ2) is 4.31. The highest BCUT2D eigenvalue weighted by Gasteiger charge is 2.42. The van der Waals surface area contributed by atoms with Gasteiger partial charge >= 0.3 is 6.18 Å². The molecule has 2 heterocycles. The Bertz CT molecular complexity index is 588. The lowest BCUT2D eigenvalue weighted by Crippen LogP contribution is -2.21. The molecule has 0 spiro atoms. The van der Waals surface area contributed by atoms with Crippen LogP contribution in [-0.2, 0) is 12.6 Å². The fourth-order valence-corrected chi connectivity index (χ4v) is 3.03. The van der Waals surface area contributed by atoms with Gasteiger partial charge in [-0.3, -0.25) is 0 Å². The van der Waals surface area contributed by atoms with E-state index in [4.69, 9.17) is 5.73 Å². The predicted octanol–water partition coefficient (Wildman–Crippen LogP) is 2.68. The van der Waals surface area contributed by atoms with E-state index in [2.05, 4.69) is 10.1 Å². The minimum absolute atomic E-state index is 0.133. The third-order valence-electron chi connectivity index (χ3n) is 3.19. The lowest BCUT2D eigenvalue weighted by molar-refractivity contribution is -0.142. The quantitative estimate of drug-likeness (QED) is 0.877. The van der Waals surface area contributed by atoms with Crippen molar-refractivity contribution in [3.63, 3.8) is 0 Å². The fourth-order valence-electron chi connectivity index (χ4n) is 2.42. The van der Waals surface area contributed by atoms with E-state index < -0.39 is 17.9 Å². The molecule has 0 saturated carbocycles. The minimum atomic E-state index is -4.48. The Morgan fingerprint density at radius 3 is 2.84 bits per heavy atom. The van der Waals surface area contributed by atoms with Gasteiger partial charge in [0.1, 0.15) is 0 Å². The second-order valence-corrected chi connectivity index (χ2v) is 5.30. The van der Waals surface area contributed by atoms with Gasteiger partial charge < -0.3 is 5.73 Å². The molecule has 102 valence electrons. The molecule has 4 nitrogen and oxygen atoms in total. The fraction of sp³-hybridized carbons (Fsp3) is 0.455. The third-order valence-corrected chi connectivity index (χ3v) is 3.94. The molecule has 0 saturated heterocycles. The van der Waals surface area contributed by atoms with Crippen LogP contribution in [0.25, 0.3) is 5.13 Å². The van der Waals surface area contributed by atoms with Gasteiger partial charge in [-0.25, -0.2) is 9.67 Å². The normalized spacial score (nSPS) is 19.5. The summed E-state index contributed by atoms with van der Waals surface area (Å²) >= 11 is 1.26.